The second-order valence-electron chi connectivity index (χ2n) is 7.57. The monoisotopic (exact) mass is 295 g/mol. The van der Waals surface area contributed by atoms with E-state index in [9.17, 15) is 0 Å². The molecule has 0 aromatic carbocycles. The Hall–Kier alpha value is -0.200. The van der Waals surface area contributed by atoms with Crippen molar-refractivity contribution in [2.24, 2.45) is 5.92 Å². The van der Waals surface area contributed by atoms with Crippen LogP contribution in [0.15, 0.2) is 0 Å². The van der Waals surface area contributed by atoms with E-state index in [4.69, 9.17) is 9.47 Å². The smallest absolute Gasteiger partial charge is 0.0635 e. The number of likely N-dealkylation sites (N-methyl/N-ethyl adjacent to an activating group) is 1. The minimum Gasteiger partial charge on any atom is -0.381 e. The summed E-state index contributed by atoms with van der Waals surface area (Å²) in [5.74, 6) is 0.859. The van der Waals surface area contributed by atoms with Gasteiger partial charge in [0.25, 0.3) is 0 Å². The Labute approximate surface area is 128 Å². The van der Waals surface area contributed by atoms with Gasteiger partial charge in [-0.2, -0.15) is 0 Å². The third kappa shape index (κ3) is 2.75. The molecule has 0 amide bonds. The van der Waals surface area contributed by atoms with Crippen LogP contribution in [0.1, 0.15) is 12.8 Å². The fourth-order valence-electron chi connectivity index (χ4n) is 4.94. The molecule has 21 heavy (non-hydrogen) atoms. The summed E-state index contributed by atoms with van der Waals surface area (Å²) in [6.45, 7) is 11.1. The quantitative estimate of drug-likeness (QED) is 0.721. The first-order valence-corrected chi connectivity index (χ1v) is 8.58. The summed E-state index contributed by atoms with van der Waals surface area (Å²) in [5, 5.41) is 0. The van der Waals surface area contributed by atoms with Gasteiger partial charge in [-0.15, -0.1) is 0 Å². The van der Waals surface area contributed by atoms with Crippen LogP contribution in [0.25, 0.3) is 0 Å². The highest BCUT2D eigenvalue weighted by atomic mass is 16.5. The molecule has 5 heteroatoms. The Morgan fingerprint density at radius 3 is 2.67 bits per heavy atom. The fraction of sp³-hybridized carbons (Fsp3) is 1.00. The van der Waals surface area contributed by atoms with Crippen LogP contribution in [0.2, 0.25) is 0 Å². The first-order valence-electron chi connectivity index (χ1n) is 8.58. The average Bonchev–Trinajstić information content (AvgIpc) is 2.46. The van der Waals surface area contributed by atoms with Gasteiger partial charge in [-0.25, -0.2) is 0 Å². The van der Waals surface area contributed by atoms with E-state index in [0.29, 0.717) is 11.6 Å². The van der Waals surface area contributed by atoms with Crippen LogP contribution in [0.3, 0.4) is 0 Å². The third-order valence-corrected chi connectivity index (χ3v) is 5.82. The molecule has 4 rings (SSSR count). The van der Waals surface area contributed by atoms with Gasteiger partial charge in [-0.1, -0.05) is 0 Å². The van der Waals surface area contributed by atoms with Crippen molar-refractivity contribution in [1.29, 1.82) is 0 Å². The van der Waals surface area contributed by atoms with Crippen molar-refractivity contribution in [2.45, 2.75) is 24.4 Å². The Morgan fingerprint density at radius 1 is 1.05 bits per heavy atom. The first-order chi connectivity index (χ1) is 10.3. The number of hydrogen-bond acceptors (Lipinski definition) is 5. The first kappa shape index (κ1) is 14.4. The molecule has 1 unspecified atom stereocenters. The van der Waals surface area contributed by atoms with E-state index in [1.165, 1.54) is 45.6 Å². The molecule has 0 bridgehead atoms. The van der Waals surface area contributed by atoms with Crippen LogP contribution < -0.4 is 0 Å². The Morgan fingerprint density at radius 2 is 1.86 bits per heavy atom. The van der Waals surface area contributed by atoms with E-state index in [1.54, 1.807) is 0 Å². The minimum atomic E-state index is 0.409. The zero-order chi connectivity index (χ0) is 14.3. The number of piperazine rings is 1. The number of likely N-dealkylation sites (tertiary alicyclic amines) is 1. The van der Waals surface area contributed by atoms with Crippen LogP contribution >= 0.6 is 0 Å². The molecular weight excluding hydrogens is 266 g/mol. The molecule has 1 spiro atoms. The summed E-state index contributed by atoms with van der Waals surface area (Å²) < 4.78 is 11.2. The summed E-state index contributed by atoms with van der Waals surface area (Å²) in [7, 11) is 2.27. The lowest BCUT2D eigenvalue weighted by atomic mass is 9.81. The average molecular weight is 295 g/mol. The van der Waals surface area contributed by atoms with Crippen molar-refractivity contribution in [3.05, 3.63) is 0 Å². The molecule has 0 radical (unpaired) electrons. The van der Waals surface area contributed by atoms with Crippen molar-refractivity contribution in [3.63, 3.8) is 0 Å². The zero-order valence-electron chi connectivity index (χ0n) is 13.3. The summed E-state index contributed by atoms with van der Waals surface area (Å²) >= 11 is 0. The lowest BCUT2D eigenvalue weighted by Crippen LogP contribution is -2.80. The van der Waals surface area contributed by atoms with Crippen LogP contribution in [-0.4, -0.2) is 99.0 Å². The number of fused-ring (bicyclic) bond motifs is 2. The van der Waals surface area contributed by atoms with Gasteiger partial charge < -0.3 is 14.4 Å². The number of hydrogen-bond donors (Lipinski definition) is 0. The Balaban J connectivity index is 1.36. The van der Waals surface area contributed by atoms with E-state index >= 15 is 0 Å². The molecule has 0 saturated carbocycles. The topological polar surface area (TPSA) is 28.2 Å². The number of morpholine rings is 1. The molecule has 0 aliphatic carbocycles. The van der Waals surface area contributed by atoms with E-state index in [0.717, 1.165) is 38.9 Å². The molecule has 1 atom stereocenters. The SMILES string of the molecule is CN1CC2COCCN2C2(C1)CN(CC1CCOCC1)C2. The highest BCUT2D eigenvalue weighted by Gasteiger charge is 2.53. The van der Waals surface area contributed by atoms with Crippen molar-refractivity contribution in [2.75, 3.05) is 72.7 Å². The van der Waals surface area contributed by atoms with Crippen LogP contribution in [0.5, 0.6) is 0 Å². The highest BCUT2D eigenvalue weighted by molar-refractivity contribution is 5.11. The normalized spacial score (nSPS) is 35.6. The van der Waals surface area contributed by atoms with E-state index in [1.807, 2.05) is 0 Å². The second kappa shape index (κ2) is 5.78. The number of nitrogens with zero attached hydrogens (tertiary/aromatic N) is 3. The maximum atomic E-state index is 5.70. The van der Waals surface area contributed by atoms with Gasteiger partial charge >= 0.3 is 0 Å². The lowest BCUT2D eigenvalue weighted by Gasteiger charge is -2.63. The summed E-state index contributed by atoms with van der Waals surface area (Å²) in [6.07, 6.45) is 2.51. The molecule has 5 nitrogen and oxygen atoms in total. The maximum Gasteiger partial charge on any atom is 0.0635 e. The lowest BCUT2D eigenvalue weighted by molar-refractivity contribution is -0.164. The zero-order valence-corrected chi connectivity index (χ0v) is 13.3. The molecule has 4 heterocycles. The molecular formula is C16H29N3O2. The van der Waals surface area contributed by atoms with E-state index in [-0.39, 0.29) is 0 Å². The minimum absolute atomic E-state index is 0.409. The van der Waals surface area contributed by atoms with Gasteiger partial charge in [0.1, 0.15) is 0 Å². The van der Waals surface area contributed by atoms with Crippen LogP contribution in [-0.2, 0) is 9.47 Å². The molecule has 120 valence electrons. The number of ether oxygens (including phenoxy) is 2. The predicted octanol–water partition coefficient (Wildman–Crippen LogP) is 0.114. The van der Waals surface area contributed by atoms with Crippen LogP contribution in [0, 0.1) is 5.92 Å². The van der Waals surface area contributed by atoms with Crippen molar-refractivity contribution < 1.29 is 9.47 Å². The van der Waals surface area contributed by atoms with Gasteiger partial charge in [-0.3, -0.25) is 9.80 Å². The van der Waals surface area contributed by atoms with Gasteiger partial charge in [0.05, 0.1) is 18.8 Å². The van der Waals surface area contributed by atoms with Crippen molar-refractivity contribution >= 4 is 0 Å². The van der Waals surface area contributed by atoms with Gasteiger partial charge in [0.2, 0.25) is 0 Å². The Bertz CT molecular complexity index is 367. The largest absolute Gasteiger partial charge is 0.381 e. The van der Waals surface area contributed by atoms with E-state index in [2.05, 4.69) is 21.7 Å². The molecule has 0 aromatic heterocycles. The summed E-state index contributed by atoms with van der Waals surface area (Å²) in [4.78, 5) is 7.97. The fourth-order valence-corrected chi connectivity index (χ4v) is 4.94. The van der Waals surface area contributed by atoms with Gasteiger partial charge in [-0.05, 0) is 25.8 Å². The number of rotatable bonds is 2. The van der Waals surface area contributed by atoms with Crippen LogP contribution in [0.4, 0.5) is 0 Å². The molecule has 0 aromatic rings. The molecule has 0 N–H and O–H groups in total. The van der Waals surface area contributed by atoms with Gasteiger partial charge in [0.15, 0.2) is 0 Å². The maximum absolute atomic E-state index is 5.70. The molecule has 4 aliphatic rings. The van der Waals surface area contributed by atoms with Crippen molar-refractivity contribution in [3.8, 4) is 0 Å². The highest BCUT2D eigenvalue weighted by Crippen LogP contribution is 2.36. The Kier molecular flexibility index (Phi) is 3.96. The molecule has 4 saturated heterocycles. The standard InChI is InChI=1S/C16H29N3O2/c1-17-9-15-10-21-7-4-19(15)16(11-17)12-18(13-16)8-14-2-5-20-6-3-14/h14-15H,2-13H2,1H3. The van der Waals surface area contributed by atoms with Crippen molar-refractivity contribution in [1.82, 2.24) is 14.7 Å². The summed E-state index contributed by atoms with van der Waals surface area (Å²) in [6, 6.07) is 0.614. The van der Waals surface area contributed by atoms with Gasteiger partial charge in [0, 0.05) is 58.5 Å². The predicted molar refractivity (Wildman–Crippen MR) is 81.5 cm³/mol. The third-order valence-electron chi connectivity index (χ3n) is 5.82. The molecule has 4 aliphatic heterocycles. The second-order valence-corrected chi connectivity index (χ2v) is 7.57. The van der Waals surface area contributed by atoms with E-state index < -0.39 is 0 Å². The summed E-state index contributed by atoms with van der Waals surface area (Å²) in [5.41, 5.74) is 0.409. The molecule has 4 fully saturated rings.